The van der Waals surface area contributed by atoms with E-state index in [-0.39, 0.29) is 5.75 Å². The summed E-state index contributed by atoms with van der Waals surface area (Å²) in [6.07, 6.45) is 0. The molecule has 0 N–H and O–H groups in total. The molecule has 0 radical (unpaired) electrons. The van der Waals surface area contributed by atoms with Crippen molar-refractivity contribution in [1.29, 1.82) is 0 Å². The molecule has 2 aromatic rings. The normalized spacial score (nSPS) is 16.7. The van der Waals surface area contributed by atoms with Crippen LogP contribution < -0.4 is 0 Å². The summed E-state index contributed by atoms with van der Waals surface area (Å²) in [5.74, 6) is -1.26. The number of rotatable bonds is 1. The Labute approximate surface area is 126 Å². The van der Waals surface area contributed by atoms with Gasteiger partial charge in [-0.15, -0.1) is 0 Å². The SMILES string of the molecule is CN1N=C(c2ccc(F)cc2)c2ccc(F)cc2CS1(=O)=O. The molecule has 0 saturated heterocycles. The van der Waals surface area contributed by atoms with Crippen LogP contribution in [0, 0.1) is 11.6 Å². The number of benzene rings is 2. The molecular weight excluding hydrogens is 310 g/mol. The highest BCUT2D eigenvalue weighted by atomic mass is 32.2. The van der Waals surface area contributed by atoms with Crippen molar-refractivity contribution in [2.24, 2.45) is 5.10 Å². The van der Waals surface area contributed by atoms with E-state index in [0.29, 0.717) is 22.4 Å². The van der Waals surface area contributed by atoms with Crippen LogP contribution in [0.4, 0.5) is 8.78 Å². The first kappa shape index (κ1) is 14.6. The number of halogens is 2. The molecule has 0 aliphatic carbocycles. The number of nitrogens with zero attached hydrogens (tertiary/aromatic N) is 2. The molecule has 0 fully saturated rings. The number of sulfonamides is 1. The fourth-order valence-corrected chi connectivity index (χ4v) is 3.31. The van der Waals surface area contributed by atoms with E-state index in [1.54, 1.807) is 0 Å². The van der Waals surface area contributed by atoms with Gasteiger partial charge in [0.2, 0.25) is 0 Å². The molecule has 0 aromatic heterocycles. The van der Waals surface area contributed by atoms with Crippen molar-refractivity contribution in [3.63, 3.8) is 0 Å². The Morgan fingerprint density at radius 3 is 2.36 bits per heavy atom. The first-order valence-electron chi connectivity index (χ1n) is 6.47. The number of fused-ring (bicyclic) bond motifs is 1. The van der Waals surface area contributed by atoms with Crippen molar-refractivity contribution in [1.82, 2.24) is 4.41 Å². The van der Waals surface area contributed by atoms with Crippen molar-refractivity contribution >= 4 is 15.7 Å². The topological polar surface area (TPSA) is 49.7 Å². The third-order valence-corrected chi connectivity index (χ3v) is 4.98. The van der Waals surface area contributed by atoms with E-state index in [9.17, 15) is 17.2 Å². The molecule has 0 atom stereocenters. The van der Waals surface area contributed by atoms with Gasteiger partial charge in [-0.1, -0.05) is 0 Å². The third-order valence-electron chi connectivity index (χ3n) is 3.42. The summed E-state index contributed by atoms with van der Waals surface area (Å²) < 4.78 is 51.7. The van der Waals surface area contributed by atoms with E-state index >= 15 is 0 Å². The second kappa shape index (κ2) is 5.17. The minimum atomic E-state index is -3.67. The van der Waals surface area contributed by atoms with E-state index in [1.807, 2.05) is 0 Å². The minimum absolute atomic E-state index is 0.326. The van der Waals surface area contributed by atoms with Crippen LogP contribution in [0.1, 0.15) is 16.7 Å². The van der Waals surface area contributed by atoms with Gasteiger partial charge < -0.3 is 0 Å². The molecule has 3 rings (SSSR count). The fourth-order valence-electron chi connectivity index (χ4n) is 2.28. The lowest BCUT2D eigenvalue weighted by molar-refractivity contribution is 0.490. The summed E-state index contributed by atoms with van der Waals surface area (Å²) in [5, 5.41) is 4.12. The van der Waals surface area contributed by atoms with Crippen LogP contribution >= 0.6 is 0 Å². The fraction of sp³-hybridized carbons (Fsp3) is 0.133. The van der Waals surface area contributed by atoms with E-state index in [0.717, 1.165) is 4.41 Å². The molecule has 22 heavy (non-hydrogen) atoms. The molecule has 1 aliphatic heterocycles. The zero-order valence-electron chi connectivity index (χ0n) is 11.6. The predicted octanol–water partition coefficient (Wildman–Crippen LogP) is 2.49. The van der Waals surface area contributed by atoms with Gasteiger partial charge >= 0.3 is 0 Å². The van der Waals surface area contributed by atoms with Gasteiger partial charge in [-0.2, -0.15) is 9.52 Å². The van der Waals surface area contributed by atoms with Gasteiger partial charge in [0.25, 0.3) is 10.0 Å². The quantitative estimate of drug-likeness (QED) is 0.810. The van der Waals surface area contributed by atoms with Gasteiger partial charge in [-0.05, 0) is 48.0 Å². The zero-order valence-corrected chi connectivity index (χ0v) is 12.4. The molecule has 2 aromatic carbocycles. The maximum absolute atomic E-state index is 13.5. The highest BCUT2D eigenvalue weighted by molar-refractivity contribution is 7.88. The Hall–Kier alpha value is -2.28. The highest BCUT2D eigenvalue weighted by Gasteiger charge is 2.26. The first-order chi connectivity index (χ1) is 10.4. The monoisotopic (exact) mass is 322 g/mol. The Morgan fingerprint density at radius 2 is 1.68 bits per heavy atom. The second-order valence-electron chi connectivity index (χ2n) is 4.95. The summed E-state index contributed by atoms with van der Waals surface area (Å²) in [6.45, 7) is 0. The third kappa shape index (κ3) is 2.59. The average molecular weight is 322 g/mol. The maximum atomic E-state index is 13.5. The van der Waals surface area contributed by atoms with E-state index in [1.165, 1.54) is 49.5 Å². The van der Waals surface area contributed by atoms with Crippen LogP contribution in [0.15, 0.2) is 47.6 Å². The zero-order chi connectivity index (χ0) is 15.9. The smallest absolute Gasteiger partial charge is 0.207 e. The molecular formula is C15H12F2N2O2S. The van der Waals surface area contributed by atoms with Crippen LogP contribution in [0.3, 0.4) is 0 Å². The van der Waals surface area contributed by atoms with Crippen LogP contribution in [0.25, 0.3) is 0 Å². The van der Waals surface area contributed by atoms with Gasteiger partial charge in [0, 0.05) is 18.2 Å². The van der Waals surface area contributed by atoms with Gasteiger partial charge in [-0.25, -0.2) is 17.2 Å². The number of hydrogen-bond acceptors (Lipinski definition) is 3. The summed E-state index contributed by atoms with van der Waals surface area (Å²) in [6, 6.07) is 9.46. The maximum Gasteiger partial charge on any atom is 0.253 e. The van der Waals surface area contributed by atoms with Gasteiger partial charge in [-0.3, -0.25) is 0 Å². The average Bonchev–Trinajstić information content (AvgIpc) is 2.54. The molecule has 0 amide bonds. The molecule has 1 aliphatic rings. The van der Waals surface area contributed by atoms with Crippen LogP contribution in [-0.2, 0) is 15.8 Å². The van der Waals surface area contributed by atoms with E-state index < -0.39 is 21.7 Å². The Bertz CT molecular complexity index is 862. The van der Waals surface area contributed by atoms with E-state index in [2.05, 4.69) is 5.10 Å². The molecule has 0 bridgehead atoms. The lowest BCUT2D eigenvalue weighted by Gasteiger charge is -2.11. The van der Waals surface area contributed by atoms with Crippen LogP contribution in [0.2, 0.25) is 0 Å². The van der Waals surface area contributed by atoms with Gasteiger partial charge in [0.05, 0.1) is 11.5 Å². The molecule has 0 spiro atoms. The minimum Gasteiger partial charge on any atom is -0.207 e. The van der Waals surface area contributed by atoms with Crippen molar-refractivity contribution in [3.8, 4) is 0 Å². The summed E-state index contributed by atoms with van der Waals surface area (Å²) in [5.41, 5.74) is 1.75. The van der Waals surface area contributed by atoms with Crippen molar-refractivity contribution < 1.29 is 17.2 Å². The van der Waals surface area contributed by atoms with Crippen LogP contribution in [0.5, 0.6) is 0 Å². The molecule has 0 unspecified atom stereocenters. The standard InChI is InChI=1S/C15H12F2N2O2S/c1-19-18-15(10-2-4-12(16)5-3-10)14-7-6-13(17)8-11(14)9-22(19,20)21/h2-8H,9H2,1H3. The number of hydrogen-bond donors (Lipinski definition) is 0. The van der Waals surface area contributed by atoms with Crippen molar-refractivity contribution in [3.05, 3.63) is 70.8 Å². The summed E-state index contributed by atoms with van der Waals surface area (Å²) in [7, 11) is -2.35. The van der Waals surface area contributed by atoms with E-state index in [4.69, 9.17) is 0 Å². The molecule has 7 heteroatoms. The first-order valence-corrected chi connectivity index (χ1v) is 8.08. The van der Waals surface area contributed by atoms with Gasteiger partial charge in [0.15, 0.2) is 0 Å². The Morgan fingerprint density at radius 1 is 1.05 bits per heavy atom. The predicted molar refractivity (Wildman–Crippen MR) is 78.8 cm³/mol. The van der Waals surface area contributed by atoms with Crippen LogP contribution in [-0.4, -0.2) is 25.6 Å². The highest BCUT2D eigenvalue weighted by Crippen LogP contribution is 2.24. The van der Waals surface area contributed by atoms with Crippen molar-refractivity contribution in [2.45, 2.75) is 5.75 Å². The molecule has 4 nitrogen and oxygen atoms in total. The van der Waals surface area contributed by atoms with Crippen molar-refractivity contribution in [2.75, 3.05) is 7.05 Å². The number of hydrazone groups is 1. The summed E-state index contributed by atoms with van der Waals surface area (Å²) >= 11 is 0. The largest absolute Gasteiger partial charge is 0.253 e. The summed E-state index contributed by atoms with van der Waals surface area (Å²) in [4.78, 5) is 0. The molecule has 1 heterocycles. The lowest BCUT2D eigenvalue weighted by atomic mass is 9.98. The Kier molecular flexibility index (Phi) is 3.44. The molecule has 0 saturated carbocycles. The Balaban J connectivity index is 2.25. The van der Waals surface area contributed by atoms with Gasteiger partial charge in [0.1, 0.15) is 11.6 Å². The molecule has 114 valence electrons. The lowest BCUT2D eigenvalue weighted by Crippen LogP contribution is -2.22. The second-order valence-corrected chi connectivity index (χ2v) is 6.93.